The Morgan fingerprint density at radius 3 is 2.71 bits per heavy atom. The van der Waals surface area contributed by atoms with Crippen LogP contribution < -0.4 is 0 Å². The van der Waals surface area contributed by atoms with E-state index in [0.717, 1.165) is 12.2 Å². The van der Waals surface area contributed by atoms with E-state index in [4.69, 9.17) is 0 Å². The van der Waals surface area contributed by atoms with Crippen molar-refractivity contribution in [2.75, 3.05) is 24.6 Å². The lowest BCUT2D eigenvalue weighted by Crippen LogP contribution is -2.42. The topological polar surface area (TPSA) is 37.4 Å². The van der Waals surface area contributed by atoms with Crippen LogP contribution in [0.3, 0.4) is 0 Å². The Hall–Kier alpha value is 0.260. The van der Waals surface area contributed by atoms with Gasteiger partial charge in [0.15, 0.2) is 0 Å². The van der Waals surface area contributed by atoms with Gasteiger partial charge in [0, 0.05) is 24.1 Å². The molecule has 0 saturated carbocycles. The SMILES string of the molecule is CCCS(=O)(=O)N1CCSC(CC)C1. The molecular weight excluding hydrogens is 218 g/mol. The van der Waals surface area contributed by atoms with E-state index < -0.39 is 10.0 Å². The van der Waals surface area contributed by atoms with Crippen molar-refractivity contribution in [2.24, 2.45) is 0 Å². The molecule has 1 aliphatic rings. The second-order valence-corrected chi connectivity index (χ2v) is 7.07. The van der Waals surface area contributed by atoms with Crippen LogP contribution in [0.4, 0.5) is 0 Å². The summed E-state index contributed by atoms with van der Waals surface area (Å²) in [4.78, 5) is 0. The fourth-order valence-corrected chi connectivity index (χ4v) is 4.52. The molecule has 0 aromatic rings. The van der Waals surface area contributed by atoms with E-state index in [1.807, 2.05) is 18.7 Å². The molecule has 14 heavy (non-hydrogen) atoms. The van der Waals surface area contributed by atoms with Crippen LogP contribution in [0, 0.1) is 0 Å². The van der Waals surface area contributed by atoms with Crippen molar-refractivity contribution >= 4 is 21.8 Å². The molecule has 1 atom stereocenters. The summed E-state index contributed by atoms with van der Waals surface area (Å²) in [5.74, 6) is 1.25. The van der Waals surface area contributed by atoms with Crippen LogP contribution in [0.2, 0.25) is 0 Å². The third-order valence-electron chi connectivity index (χ3n) is 2.41. The van der Waals surface area contributed by atoms with E-state index >= 15 is 0 Å². The zero-order valence-electron chi connectivity index (χ0n) is 8.90. The first kappa shape index (κ1) is 12.3. The van der Waals surface area contributed by atoms with Gasteiger partial charge in [0.05, 0.1) is 5.75 Å². The van der Waals surface area contributed by atoms with Crippen molar-refractivity contribution < 1.29 is 8.42 Å². The molecule has 0 aromatic heterocycles. The Kier molecular flexibility index (Phi) is 4.73. The van der Waals surface area contributed by atoms with Crippen molar-refractivity contribution in [1.29, 1.82) is 0 Å². The fourth-order valence-electron chi connectivity index (χ4n) is 1.58. The molecule has 0 bridgehead atoms. The van der Waals surface area contributed by atoms with Crippen molar-refractivity contribution in [1.82, 2.24) is 4.31 Å². The lowest BCUT2D eigenvalue weighted by Gasteiger charge is -2.30. The summed E-state index contributed by atoms with van der Waals surface area (Å²) in [5.41, 5.74) is 0. The maximum absolute atomic E-state index is 11.8. The number of hydrogen-bond donors (Lipinski definition) is 0. The maximum Gasteiger partial charge on any atom is 0.214 e. The average Bonchev–Trinajstić information content (AvgIpc) is 2.18. The molecule has 0 spiro atoms. The first-order valence-electron chi connectivity index (χ1n) is 5.19. The first-order chi connectivity index (χ1) is 6.60. The number of rotatable bonds is 4. The molecule has 1 heterocycles. The van der Waals surface area contributed by atoms with Gasteiger partial charge in [0.1, 0.15) is 0 Å². The second kappa shape index (κ2) is 5.37. The van der Waals surface area contributed by atoms with Crippen LogP contribution in [0.15, 0.2) is 0 Å². The lowest BCUT2D eigenvalue weighted by atomic mass is 10.3. The fraction of sp³-hybridized carbons (Fsp3) is 1.00. The summed E-state index contributed by atoms with van der Waals surface area (Å²) in [6, 6.07) is 0. The van der Waals surface area contributed by atoms with E-state index in [1.54, 1.807) is 4.31 Å². The number of hydrogen-bond acceptors (Lipinski definition) is 3. The molecule has 84 valence electrons. The number of sulfonamides is 1. The van der Waals surface area contributed by atoms with Gasteiger partial charge in [-0.05, 0) is 12.8 Å². The number of nitrogens with zero attached hydrogens (tertiary/aromatic N) is 1. The highest BCUT2D eigenvalue weighted by Gasteiger charge is 2.27. The van der Waals surface area contributed by atoms with Gasteiger partial charge in [-0.25, -0.2) is 8.42 Å². The number of thioether (sulfide) groups is 1. The van der Waals surface area contributed by atoms with E-state index in [-0.39, 0.29) is 0 Å². The second-order valence-electron chi connectivity index (χ2n) is 3.58. The minimum absolute atomic E-state index is 0.300. The Labute approximate surface area is 91.3 Å². The zero-order valence-corrected chi connectivity index (χ0v) is 10.5. The van der Waals surface area contributed by atoms with Crippen LogP contribution in [-0.2, 0) is 10.0 Å². The van der Waals surface area contributed by atoms with Gasteiger partial charge in [-0.15, -0.1) is 0 Å². The molecule has 0 aromatic carbocycles. The van der Waals surface area contributed by atoms with Crippen LogP contribution in [0.25, 0.3) is 0 Å². The summed E-state index contributed by atoms with van der Waals surface area (Å²) in [7, 11) is -2.96. The average molecular weight is 237 g/mol. The van der Waals surface area contributed by atoms with Crippen LogP contribution >= 0.6 is 11.8 Å². The maximum atomic E-state index is 11.8. The van der Waals surface area contributed by atoms with E-state index in [2.05, 4.69) is 6.92 Å². The molecule has 0 radical (unpaired) electrons. The molecule has 1 fully saturated rings. The first-order valence-corrected chi connectivity index (χ1v) is 7.85. The zero-order chi connectivity index (χ0) is 10.6. The van der Waals surface area contributed by atoms with Gasteiger partial charge < -0.3 is 0 Å². The highest BCUT2D eigenvalue weighted by molar-refractivity contribution is 8.00. The predicted molar refractivity (Wildman–Crippen MR) is 62.2 cm³/mol. The highest BCUT2D eigenvalue weighted by Crippen LogP contribution is 2.23. The van der Waals surface area contributed by atoms with Gasteiger partial charge in [-0.3, -0.25) is 0 Å². The van der Waals surface area contributed by atoms with Crippen molar-refractivity contribution in [3.8, 4) is 0 Å². The van der Waals surface area contributed by atoms with Crippen molar-refractivity contribution in [3.63, 3.8) is 0 Å². The van der Waals surface area contributed by atoms with Crippen molar-refractivity contribution in [2.45, 2.75) is 31.9 Å². The molecule has 5 heteroatoms. The molecule has 0 N–H and O–H groups in total. The molecule has 0 aliphatic carbocycles. The minimum atomic E-state index is -2.96. The Balaban J connectivity index is 2.59. The highest BCUT2D eigenvalue weighted by atomic mass is 32.2. The minimum Gasteiger partial charge on any atom is -0.212 e. The Bertz CT molecular complexity index is 264. The summed E-state index contributed by atoms with van der Waals surface area (Å²) >= 11 is 1.90. The van der Waals surface area contributed by atoms with E-state index in [1.165, 1.54) is 0 Å². The molecule has 0 amide bonds. The summed E-state index contributed by atoms with van der Waals surface area (Å²) in [6.07, 6.45) is 1.77. The molecule has 1 rings (SSSR count). The van der Waals surface area contributed by atoms with Crippen LogP contribution in [0.5, 0.6) is 0 Å². The standard InChI is InChI=1S/C9H19NO2S2/c1-3-7-14(11,12)10-5-6-13-9(4-2)8-10/h9H,3-8H2,1-2H3. The Morgan fingerprint density at radius 1 is 1.43 bits per heavy atom. The molecule has 1 saturated heterocycles. The predicted octanol–water partition coefficient (Wildman–Crippen LogP) is 1.55. The summed E-state index contributed by atoms with van der Waals surface area (Å²) in [6.45, 7) is 5.44. The summed E-state index contributed by atoms with van der Waals surface area (Å²) < 4.78 is 25.2. The molecular formula is C9H19NO2S2. The third-order valence-corrected chi connectivity index (χ3v) is 5.83. The third kappa shape index (κ3) is 3.14. The quantitative estimate of drug-likeness (QED) is 0.744. The van der Waals surface area contributed by atoms with Gasteiger partial charge in [0.2, 0.25) is 10.0 Å². The lowest BCUT2D eigenvalue weighted by molar-refractivity contribution is 0.415. The van der Waals surface area contributed by atoms with E-state index in [9.17, 15) is 8.42 Å². The van der Waals surface area contributed by atoms with Gasteiger partial charge in [0.25, 0.3) is 0 Å². The van der Waals surface area contributed by atoms with Gasteiger partial charge >= 0.3 is 0 Å². The largest absolute Gasteiger partial charge is 0.214 e. The van der Waals surface area contributed by atoms with E-state index in [0.29, 0.717) is 30.5 Å². The van der Waals surface area contributed by atoms with Crippen LogP contribution in [-0.4, -0.2) is 42.6 Å². The normalized spacial score (nSPS) is 25.1. The molecule has 3 nitrogen and oxygen atoms in total. The van der Waals surface area contributed by atoms with Gasteiger partial charge in [-0.2, -0.15) is 16.1 Å². The van der Waals surface area contributed by atoms with Crippen molar-refractivity contribution in [3.05, 3.63) is 0 Å². The monoisotopic (exact) mass is 237 g/mol. The van der Waals surface area contributed by atoms with Gasteiger partial charge in [-0.1, -0.05) is 13.8 Å². The smallest absolute Gasteiger partial charge is 0.212 e. The molecule has 1 aliphatic heterocycles. The Morgan fingerprint density at radius 2 is 2.14 bits per heavy atom. The molecule has 1 unspecified atom stereocenters. The summed E-state index contributed by atoms with van der Waals surface area (Å²) in [5, 5.41) is 0.496. The van der Waals surface area contributed by atoms with Crippen LogP contribution in [0.1, 0.15) is 26.7 Å².